The molecule has 2 aliphatic carbocycles. The molecular weight excluding hydrogens is 372 g/mol. The molecule has 3 rings (SSSR count). The number of amides is 3. The number of rotatable bonds is 7. The second kappa shape index (κ2) is 10.3. The summed E-state index contributed by atoms with van der Waals surface area (Å²) in [6, 6.07) is -0.481. The van der Waals surface area contributed by atoms with E-state index in [1.807, 2.05) is 6.92 Å². The van der Waals surface area contributed by atoms with Crippen molar-refractivity contribution in [3.05, 3.63) is 0 Å². The maximum absolute atomic E-state index is 13.2. The van der Waals surface area contributed by atoms with E-state index in [1.54, 1.807) is 4.90 Å². The van der Waals surface area contributed by atoms with Gasteiger partial charge >= 0.3 is 12.0 Å². The van der Waals surface area contributed by atoms with Crippen molar-refractivity contribution >= 4 is 17.9 Å². The van der Waals surface area contributed by atoms with Crippen molar-refractivity contribution in [3.8, 4) is 0 Å². The van der Waals surface area contributed by atoms with Gasteiger partial charge in [0.15, 0.2) is 0 Å². The van der Waals surface area contributed by atoms with Gasteiger partial charge in [0, 0.05) is 18.6 Å². The predicted octanol–water partition coefficient (Wildman–Crippen LogP) is 2.49. The average Bonchev–Trinajstić information content (AvgIpc) is 2.70. The molecule has 2 atom stereocenters. The lowest BCUT2D eigenvalue weighted by Crippen LogP contribution is -2.67. The summed E-state index contributed by atoms with van der Waals surface area (Å²) in [5, 5.41) is 14.0. The average molecular weight is 409 g/mol. The van der Waals surface area contributed by atoms with Crippen LogP contribution < -0.4 is 10.7 Å². The van der Waals surface area contributed by atoms with E-state index < -0.39 is 5.97 Å². The van der Waals surface area contributed by atoms with Crippen LogP contribution in [0.25, 0.3) is 0 Å². The molecule has 0 aromatic heterocycles. The van der Waals surface area contributed by atoms with Crippen LogP contribution >= 0.6 is 0 Å². The predicted molar refractivity (Wildman–Crippen MR) is 109 cm³/mol. The number of aliphatic carboxylic acids is 1. The monoisotopic (exact) mass is 408 g/mol. The quantitative estimate of drug-likeness (QED) is 0.601. The van der Waals surface area contributed by atoms with Gasteiger partial charge in [-0.25, -0.2) is 10.2 Å². The van der Waals surface area contributed by atoms with Crippen LogP contribution in [0.2, 0.25) is 0 Å². The Labute approximate surface area is 173 Å². The van der Waals surface area contributed by atoms with Crippen LogP contribution in [0.1, 0.15) is 77.6 Å². The minimum atomic E-state index is -0.894. The third kappa shape index (κ3) is 6.07. The zero-order chi connectivity index (χ0) is 20.8. The molecule has 3 aliphatic rings. The Morgan fingerprint density at radius 3 is 2.34 bits per heavy atom. The molecule has 0 radical (unpaired) electrons. The van der Waals surface area contributed by atoms with E-state index in [4.69, 9.17) is 0 Å². The smallest absolute Gasteiger partial charge is 0.335 e. The highest BCUT2D eigenvalue weighted by atomic mass is 16.4. The molecule has 8 nitrogen and oxygen atoms in total. The molecule has 0 aromatic rings. The van der Waals surface area contributed by atoms with Gasteiger partial charge in [-0.05, 0) is 38.5 Å². The first-order chi connectivity index (χ1) is 13.9. The van der Waals surface area contributed by atoms with Gasteiger partial charge in [-0.3, -0.25) is 14.6 Å². The Bertz CT molecular complexity index is 587. The number of hydrogen-bond acceptors (Lipinski definition) is 4. The molecular formula is C21H36N4O4. The van der Waals surface area contributed by atoms with Crippen molar-refractivity contribution in [1.29, 1.82) is 0 Å². The molecule has 3 fully saturated rings. The SMILES string of the molecule is CC1CN(CC(=O)NC2CCCCC2)C(=O)N(C(CC(=O)O)C2CCCCC2)N1. The normalized spacial score (nSPS) is 25.7. The topological polar surface area (TPSA) is 102 Å². The fraction of sp³-hybridized carbons (Fsp3) is 0.857. The van der Waals surface area contributed by atoms with E-state index in [1.165, 1.54) is 17.9 Å². The molecule has 164 valence electrons. The van der Waals surface area contributed by atoms with Crippen molar-refractivity contribution in [3.63, 3.8) is 0 Å². The number of hydrogen-bond donors (Lipinski definition) is 3. The summed E-state index contributed by atoms with van der Waals surface area (Å²) >= 11 is 0. The van der Waals surface area contributed by atoms with E-state index in [0.717, 1.165) is 51.4 Å². The summed E-state index contributed by atoms with van der Waals surface area (Å²) in [5.74, 6) is -0.832. The minimum absolute atomic E-state index is 0.0301. The van der Waals surface area contributed by atoms with E-state index in [0.29, 0.717) is 6.54 Å². The molecule has 0 bridgehead atoms. The van der Waals surface area contributed by atoms with E-state index in [2.05, 4.69) is 10.7 Å². The number of carboxylic acids is 1. The Kier molecular flexibility index (Phi) is 7.75. The van der Waals surface area contributed by atoms with Gasteiger partial charge in [0.1, 0.15) is 6.54 Å². The first-order valence-electron chi connectivity index (χ1n) is 11.3. The molecule has 3 N–H and O–H groups in total. The fourth-order valence-corrected chi connectivity index (χ4v) is 5.12. The lowest BCUT2D eigenvalue weighted by molar-refractivity contribution is -0.139. The van der Waals surface area contributed by atoms with E-state index >= 15 is 0 Å². The van der Waals surface area contributed by atoms with Gasteiger partial charge in [0.25, 0.3) is 0 Å². The summed E-state index contributed by atoms with van der Waals surface area (Å²) in [6.45, 7) is 2.43. The Balaban J connectivity index is 1.65. The molecule has 8 heteroatoms. The van der Waals surface area contributed by atoms with Crippen LogP contribution in [0, 0.1) is 5.92 Å². The van der Waals surface area contributed by atoms with Crippen molar-refractivity contribution in [2.24, 2.45) is 5.92 Å². The van der Waals surface area contributed by atoms with Crippen molar-refractivity contribution < 1.29 is 19.5 Å². The summed E-state index contributed by atoms with van der Waals surface area (Å²) in [6.07, 6.45) is 10.7. The summed E-state index contributed by atoms with van der Waals surface area (Å²) in [7, 11) is 0. The van der Waals surface area contributed by atoms with Gasteiger partial charge < -0.3 is 15.3 Å². The first kappa shape index (κ1) is 21.9. The second-order valence-corrected chi connectivity index (χ2v) is 9.03. The number of nitrogens with one attached hydrogen (secondary N) is 2. The number of urea groups is 1. The molecule has 29 heavy (non-hydrogen) atoms. The van der Waals surface area contributed by atoms with Crippen LogP contribution in [0.3, 0.4) is 0 Å². The zero-order valence-corrected chi connectivity index (χ0v) is 17.6. The third-order valence-corrected chi connectivity index (χ3v) is 6.54. The molecule has 2 saturated carbocycles. The standard InChI is InChI=1S/C21H36N4O4/c1-15-13-24(14-19(26)22-17-10-6-3-7-11-17)21(29)25(23-15)18(12-20(27)28)16-8-4-2-5-9-16/h15-18,23H,2-14H2,1H3,(H,22,26)(H,27,28). The fourth-order valence-electron chi connectivity index (χ4n) is 5.12. The molecule has 2 unspecified atom stereocenters. The molecule has 0 spiro atoms. The van der Waals surface area contributed by atoms with Crippen LogP contribution in [-0.4, -0.2) is 64.1 Å². The highest BCUT2D eigenvalue weighted by molar-refractivity contribution is 5.85. The van der Waals surface area contributed by atoms with Crippen LogP contribution in [-0.2, 0) is 9.59 Å². The van der Waals surface area contributed by atoms with Gasteiger partial charge in [-0.15, -0.1) is 0 Å². The summed E-state index contributed by atoms with van der Waals surface area (Å²) in [4.78, 5) is 38.8. The number of hydrazine groups is 1. The Morgan fingerprint density at radius 2 is 1.72 bits per heavy atom. The minimum Gasteiger partial charge on any atom is -0.481 e. The summed E-state index contributed by atoms with van der Waals surface area (Å²) in [5.41, 5.74) is 3.20. The molecule has 3 amide bonds. The van der Waals surface area contributed by atoms with Gasteiger partial charge in [-0.1, -0.05) is 38.5 Å². The highest BCUT2D eigenvalue weighted by Gasteiger charge is 2.39. The largest absolute Gasteiger partial charge is 0.481 e. The van der Waals surface area contributed by atoms with Crippen LogP contribution in [0.4, 0.5) is 4.79 Å². The van der Waals surface area contributed by atoms with Gasteiger partial charge in [0.05, 0.1) is 12.5 Å². The second-order valence-electron chi connectivity index (χ2n) is 9.03. The van der Waals surface area contributed by atoms with Crippen molar-refractivity contribution in [2.45, 2.75) is 95.7 Å². The maximum Gasteiger partial charge on any atom is 0.335 e. The highest BCUT2D eigenvalue weighted by Crippen LogP contribution is 2.31. The van der Waals surface area contributed by atoms with E-state index in [9.17, 15) is 19.5 Å². The van der Waals surface area contributed by atoms with Gasteiger partial charge in [-0.2, -0.15) is 0 Å². The molecule has 1 saturated heterocycles. The van der Waals surface area contributed by atoms with Crippen molar-refractivity contribution in [1.82, 2.24) is 20.7 Å². The summed E-state index contributed by atoms with van der Waals surface area (Å²) < 4.78 is 0. The number of carbonyl (C=O) groups excluding carboxylic acids is 2. The Hall–Kier alpha value is -1.83. The maximum atomic E-state index is 13.2. The lowest BCUT2D eigenvalue weighted by atomic mass is 9.82. The van der Waals surface area contributed by atoms with Gasteiger partial charge in [0.2, 0.25) is 5.91 Å². The number of nitrogens with zero attached hydrogens (tertiary/aromatic N) is 2. The van der Waals surface area contributed by atoms with Crippen molar-refractivity contribution in [2.75, 3.05) is 13.1 Å². The Morgan fingerprint density at radius 1 is 1.10 bits per heavy atom. The molecule has 0 aromatic carbocycles. The number of carboxylic acid groups (broad SMARTS) is 1. The molecule has 1 aliphatic heterocycles. The zero-order valence-electron chi connectivity index (χ0n) is 17.6. The lowest BCUT2D eigenvalue weighted by Gasteiger charge is -2.45. The van der Waals surface area contributed by atoms with E-state index in [-0.39, 0.29) is 48.9 Å². The first-order valence-corrected chi connectivity index (χ1v) is 11.3. The number of carbonyl (C=O) groups is 3. The molecule has 1 heterocycles. The third-order valence-electron chi connectivity index (χ3n) is 6.54. The van der Waals surface area contributed by atoms with Crippen LogP contribution in [0.5, 0.6) is 0 Å². The van der Waals surface area contributed by atoms with Crippen LogP contribution in [0.15, 0.2) is 0 Å².